The van der Waals surface area contributed by atoms with E-state index in [-0.39, 0.29) is 38.9 Å². The van der Waals surface area contributed by atoms with Crippen LogP contribution in [-0.4, -0.2) is 59.6 Å². The Labute approximate surface area is 154 Å². The van der Waals surface area contributed by atoms with Crippen LogP contribution < -0.4 is 0 Å². The van der Waals surface area contributed by atoms with E-state index in [0.717, 1.165) is 0 Å². The number of rotatable bonds is 8. The summed E-state index contributed by atoms with van der Waals surface area (Å²) in [5.74, 6) is -1.18. The second-order valence-electron chi connectivity index (χ2n) is 5.97. The maximum absolute atomic E-state index is 11.8. The Bertz CT molecular complexity index is 566. The monoisotopic (exact) mass is 396 g/mol. The molecule has 10 heteroatoms. The van der Waals surface area contributed by atoms with E-state index in [4.69, 9.17) is 42.1 Å². The number of hydrogen-bond donors (Lipinski definition) is 0. The molecule has 0 aromatic rings. The number of halogens is 2. The third-order valence-corrected chi connectivity index (χ3v) is 4.51. The van der Waals surface area contributed by atoms with Crippen LogP contribution in [0, 0.1) is 0 Å². The van der Waals surface area contributed by atoms with Crippen LogP contribution in [0.15, 0.2) is 0 Å². The molecule has 4 atom stereocenters. The molecule has 0 spiro atoms. The molecule has 0 radical (unpaired) electrons. The van der Waals surface area contributed by atoms with Gasteiger partial charge < -0.3 is 18.9 Å². The lowest BCUT2D eigenvalue weighted by atomic mass is 9.94. The summed E-state index contributed by atoms with van der Waals surface area (Å²) in [7, 11) is 0. The quantitative estimate of drug-likeness (QED) is 0.443. The molecule has 2 aliphatic rings. The van der Waals surface area contributed by atoms with E-state index in [9.17, 15) is 19.2 Å². The highest BCUT2D eigenvalue weighted by Crippen LogP contribution is 2.40. The van der Waals surface area contributed by atoms with Crippen molar-refractivity contribution in [2.45, 2.75) is 56.5 Å². The molecule has 0 unspecified atom stereocenters. The Morgan fingerprint density at radius 1 is 0.960 bits per heavy atom. The SMILES string of the molecule is C[C@]12OC[C@H](OC(=O)CCC(=O)Cl)[C@H]1OC[C@@H]2OC(=O)CCC(=O)Cl. The number of carbonyl (C=O) groups excluding carboxylic acids is 4. The number of ether oxygens (including phenoxy) is 4. The molecule has 25 heavy (non-hydrogen) atoms. The molecule has 140 valence electrons. The fourth-order valence-electron chi connectivity index (χ4n) is 2.80. The van der Waals surface area contributed by atoms with Crippen LogP contribution in [0.4, 0.5) is 0 Å². The van der Waals surface area contributed by atoms with Crippen molar-refractivity contribution in [2.24, 2.45) is 0 Å². The normalized spacial score (nSPS) is 30.6. The summed E-state index contributed by atoms with van der Waals surface area (Å²) in [4.78, 5) is 44.9. The zero-order valence-corrected chi connectivity index (χ0v) is 15.0. The van der Waals surface area contributed by atoms with Gasteiger partial charge in [0.05, 0.1) is 26.1 Å². The molecule has 0 aromatic heterocycles. The van der Waals surface area contributed by atoms with Crippen molar-refractivity contribution in [2.75, 3.05) is 13.2 Å². The molecule has 2 rings (SSSR count). The van der Waals surface area contributed by atoms with Gasteiger partial charge in [-0.05, 0) is 30.1 Å². The summed E-state index contributed by atoms with van der Waals surface area (Å²) < 4.78 is 21.8. The molecular formula is C15H18Cl2O8. The van der Waals surface area contributed by atoms with Crippen molar-refractivity contribution in [1.29, 1.82) is 0 Å². The minimum atomic E-state index is -0.964. The molecule has 0 aliphatic carbocycles. The van der Waals surface area contributed by atoms with Crippen LogP contribution in [0.3, 0.4) is 0 Å². The lowest BCUT2D eigenvalue weighted by Crippen LogP contribution is -2.46. The van der Waals surface area contributed by atoms with Crippen molar-refractivity contribution >= 4 is 45.6 Å². The summed E-state index contributed by atoms with van der Waals surface area (Å²) in [6, 6.07) is 0. The molecule has 0 bridgehead atoms. The molecule has 2 heterocycles. The Hall–Kier alpha value is -1.22. The van der Waals surface area contributed by atoms with E-state index < -0.39 is 46.3 Å². The van der Waals surface area contributed by atoms with Crippen LogP contribution >= 0.6 is 23.2 Å². The first-order chi connectivity index (χ1) is 11.7. The topological polar surface area (TPSA) is 105 Å². The molecule has 0 aromatic carbocycles. The lowest BCUT2D eigenvalue weighted by molar-refractivity contribution is -0.161. The Morgan fingerprint density at radius 2 is 1.52 bits per heavy atom. The van der Waals surface area contributed by atoms with Gasteiger partial charge in [0.2, 0.25) is 10.5 Å². The van der Waals surface area contributed by atoms with Crippen molar-refractivity contribution in [3.8, 4) is 0 Å². The van der Waals surface area contributed by atoms with Gasteiger partial charge in [-0.25, -0.2) is 0 Å². The highest BCUT2D eigenvalue weighted by molar-refractivity contribution is 6.63. The second kappa shape index (κ2) is 8.44. The van der Waals surface area contributed by atoms with Crippen molar-refractivity contribution in [3.05, 3.63) is 0 Å². The van der Waals surface area contributed by atoms with Crippen molar-refractivity contribution in [3.63, 3.8) is 0 Å². The largest absolute Gasteiger partial charge is 0.457 e. The summed E-state index contributed by atoms with van der Waals surface area (Å²) in [6.07, 6.45) is -2.46. The Balaban J connectivity index is 1.88. The van der Waals surface area contributed by atoms with Crippen LogP contribution in [0.25, 0.3) is 0 Å². The zero-order chi connectivity index (χ0) is 18.6. The van der Waals surface area contributed by atoms with Crippen LogP contribution in [0.1, 0.15) is 32.6 Å². The van der Waals surface area contributed by atoms with Gasteiger partial charge in [0.25, 0.3) is 0 Å². The van der Waals surface area contributed by atoms with Gasteiger partial charge in [0.1, 0.15) is 11.7 Å². The minimum absolute atomic E-state index is 0.0793. The van der Waals surface area contributed by atoms with Gasteiger partial charge in [0.15, 0.2) is 12.2 Å². The van der Waals surface area contributed by atoms with Crippen LogP contribution in [0.5, 0.6) is 0 Å². The van der Waals surface area contributed by atoms with E-state index >= 15 is 0 Å². The van der Waals surface area contributed by atoms with Gasteiger partial charge in [-0.15, -0.1) is 0 Å². The summed E-state index contributed by atoms with van der Waals surface area (Å²) in [5, 5.41) is -1.24. The molecule has 2 fully saturated rings. The fraction of sp³-hybridized carbons (Fsp3) is 0.733. The minimum Gasteiger partial charge on any atom is -0.457 e. The molecule has 2 aliphatic heterocycles. The Kier molecular flexibility index (Phi) is 6.79. The predicted octanol–water partition coefficient (Wildman–Crippen LogP) is 1.09. The molecule has 0 amide bonds. The number of esters is 2. The molecular weight excluding hydrogens is 379 g/mol. The van der Waals surface area contributed by atoms with E-state index in [1.165, 1.54) is 0 Å². The van der Waals surface area contributed by atoms with Gasteiger partial charge >= 0.3 is 11.9 Å². The first kappa shape index (κ1) is 20.1. The Morgan fingerprint density at radius 3 is 2.08 bits per heavy atom. The van der Waals surface area contributed by atoms with E-state index in [0.29, 0.717) is 0 Å². The molecule has 0 saturated carbocycles. The maximum Gasteiger partial charge on any atom is 0.306 e. The second-order valence-corrected chi connectivity index (χ2v) is 6.81. The van der Waals surface area contributed by atoms with E-state index in [1.807, 2.05) is 0 Å². The van der Waals surface area contributed by atoms with Crippen LogP contribution in [0.2, 0.25) is 0 Å². The lowest BCUT2D eigenvalue weighted by Gasteiger charge is -2.28. The first-order valence-electron chi connectivity index (χ1n) is 7.73. The maximum atomic E-state index is 11.8. The number of fused-ring (bicyclic) bond motifs is 1. The summed E-state index contributed by atoms with van der Waals surface area (Å²) in [5.41, 5.74) is -0.964. The highest BCUT2D eigenvalue weighted by atomic mass is 35.5. The molecule has 0 N–H and O–H groups in total. The third kappa shape index (κ3) is 5.13. The fourth-order valence-corrected chi connectivity index (χ4v) is 2.99. The van der Waals surface area contributed by atoms with Crippen LogP contribution in [-0.2, 0) is 38.1 Å². The third-order valence-electron chi connectivity index (χ3n) is 4.14. The van der Waals surface area contributed by atoms with Crippen molar-refractivity contribution in [1.82, 2.24) is 0 Å². The standard InChI is InChI=1S/C15H18Cl2O8/c1-15-9(25-13(21)5-3-11(17)19)7-22-14(15)8(6-23-15)24-12(20)4-2-10(16)18/h8-9,14H,2-7H2,1H3/t8-,9-,14+,15+/m0/s1. The summed E-state index contributed by atoms with van der Waals surface area (Å²) in [6.45, 7) is 1.86. The predicted molar refractivity (Wildman–Crippen MR) is 84.0 cm³/mol. The average molecular weight is 397 g/mol. The summed E-state index contributed by atoms with van der Waals surface area (Å²) >= 11 is 10.4. The van der Waals surface area contributed by atoms with Gasteiger partial charge in [0, 0.05) is 12.8 Å². The zero-order valence-electron chi connectivity index (χ0n) is 13.5. The van der Waals surface area contributed by atoms with Crippen molar-refractivity contribution < 1.29 is 38.1 Å². The van der Waals surface area contributed by atoms with Gasteiger partial charge in [-0.2, -0.15) is 0 Å². The van der Waals surface area contributed by atoms with E-state index in [2.05, 4.69) is 0 Å². The van der Waals surface area contributed by atoms with E-state index in [1.54, 1.807) is 6.92 Å². The smallest absolute Gasteiger partial charge is 0.306 e. The number of carbonyl (C=O) groups is 4. The van der Waals surface area contributed by atoms with Gasteiger partial charge in [-0.3, -0.25) is 19.2 Å². The first-order valence-corrected chi connectivity index (χ1v) is 8.49. The molecule has 8 nitrogen and oxygen atoms in total. The average Bonchev–Trinajstić information content (AvgIpc) is 3.00. The number of hydrogen-bond acceptors (Lipinski definition) is 8. The molecule has 2 saturated heterocycles. The van der Waals surface area contributed by atoms with Gasteiger partial charge in [-0.1, -0.05) is 0 Å². The highest BCUT2D eigenvalue weighted by Gasteiger charge is 2.60.